The van der Waals surface area contributed by atoms with Crippen molar-refractivity contribution in [1.29, 1.82) is 0 Å². The standard InChI is InChI=1S/C17H25N3O2/c1-12(2)10-15(18)17(22)19-14-7-5-13(6-8-14)11-20-9-3-4-16(20)21/h5-8,12,15H,3-4,9-11,18H2,1-2H3,(H,19,22)/t15-/m0/s1. The van der Waals surface area contributed by atoms with Crippen molar-refractivity contribution < 1.29 is 9.59 Å². The minimum absolute atomic E-state index is 0.156. The molecule has 0 radical (unpaired) electrons. The Labute approximate surface area is 131 Å². The Morgan fingerprint density at radius 2 is 2.00 bits per heavy atom. The van der Waals surface area contributed by atoms with E-state index in [-0.39, 0.29) is 11.8 Å². The monoisotopic (exact) mass is 303 g/mol. The molecule has 5 nitrogen and oxygen atoms in total. The molecule has 22 heavy (non-hydrogen) atoms. The third-order valence-electron chi connectivity index (χ3n) is 3.83. The Hall–Kier alpha value is -1.88. The molecule has 1 aliphatic heterocycles. The summed E-state index contributed by atoms with van der Waals surface area (Å²) in [6.45, 7) is 5.56. The van der Waals surface area contributed by atoms with Crippen LogP contribution in [0.3, 0.4) is 0 Å². The van der Waals surface area contributed by atoms with Gasteiger partial charge in [0, 0.05) is 25.2 Å². The number of carbonyl (C=O) groups excluding carboxylic acids is 2. The summed E-state index contributed by atoms with van der Waals surface area (Å²) >= 11 is 0. The predicted molar refractivity (Wildman–Crippen MR) is 87.2 cm³/mol. The van der Waals surface area contributed by atoms with Crippen molar-refractivity contribution >= 4 is 17.5 Å². The molecule has 0 saturated carbocycles. The third kappa shape index (κ3) is 4.56. The van der Waals surface area contributed by atoms with Crippen LogP contribution >= 0.6 is 0 Å². The molecule has 1 aromatic rings. The molecule has 5 heteroatoms. The third-order valence-corrected chi connectivity index (χ3v) is 3.83. The second-order valence-corrected chi connectivity index (χ2v) is 6.34. The van der Waals surface area contributed by atoms with E-state index in [1.807, 2.05) is 43.0 Å². The molecule has 3 N–H and O–H groups in total. The number of benzene rings is 1. The van der Waals surface area contributed by atoms with Gasteiger partial charge in [0.2, 0.25) is 11.8 Å². The van der Waals surface area contributed by atoms with E-state index in [0.717, 1.165) is 24.2 Å². The highest BCUT2D eigenvalue weighted by Gasteiger charge is 2.20. The number of hydrogen-bond acceptors (Lipinski definition) is 3. The molecule has 0 bridgehead atoms. The van der Waals surface area contributed by atoms with E-state index in [9.17, 15) is 9.59 Å². The first-order valence-electron chi connectivity index (χ1n) is 7.89. The van der Waals surface area contributed by atoms with Crippen LogP contribution in [0.4, 0.5) is 5.69 Å². The molecular formula is C17H25N3O2. The molecule has 2 amide bonds. The van der Waals surface area contributed by atoms with E-state index < -0.39 is 6.04 Å². The highest BCUT2D eigenvalue weighted by molar-refractivity contribution is 5.94. The van der Waals surface area contributed by atoms with E-state index in [1.165, 1.54) is 0 Å². The summed E-state index contributed by atoms with van der Waals surface area (Å²) in [4.78, 5) is 25.4. The predicted octanol–water partition coefficient (Wildman–Crippen LogP) is 2.12. The summed E-state index contributed by atoms with van der Waals surface area (Å²) in [6, 6.07) is 7.11. The number of nitrogens with two attached hydrogens (primary N) is 1. The van der Waals surface area contributed by atoms with Crippen LogP contribution in [0.2, 0.25) is 0 Å². The average molecular weight is 303 g/mol. The van der Waals surface area contributed by atoms with Crippen LogP contribution in [-0.4, -0.2) is 29.3 Å². The van der Waals surface area contributed by atoms with E-state index >= 15 is 0 Å². The lowest BCUT2D eigenvalue weighted by Crippen LogP contribution is -2.36. The number of carbonyl (C=O) groups is 2. The van der Waals surface area contributed by atoms with E-state index in [4.69, 9.17) is 5.73 Å². The Morgan fingerprint density at radius 3 is 2.55 bits per heavy atom. The smallest absolute Gasteiger partial charge is 0.241 e. The maximum absolute atomic E-state index is 12.0. The Kier molecular flexibility index (Phi) is 5.55. The second-order valence-electron chi connectivity index (χ2n) is 6.34. The Bertz CT molecular complexity index is 525. The topological polar surface area (TPSA) is 75.4 Å². The van der Waals surface area contributed by atoms with Crippen molar-refractivity contribution in [2.24, 2.45) is 11.7 Å². The van der Waals surface area contributed by atoms with E-state index in [0.29, 0.717) is 25.3 Å². The number of hydrogen-bond donors (Lipinski definition) is 2. The number of nitrogens with one attached hydrogen (secondary N) is 1. The second kappa shape index (κ2) is 7.40. The van der Waals surface area contributed by atoms with E-state index in [1.54, 1.807) is 0 Å². The summed E-state index contributed by atoms with van der Waals surface area (Å²) in [5.41, 5.74) is 7.67. The molecule has 0 aliphatic carbocycles. The number of rotatable bonds is 6. The highest BCUT2D eigenvalue weighted by atomic mass is 16.2. The van der Waals surface area contributed by atoms with Gasteiger partial charge in [-0.15, -0.1) is 0 Å². The first-order valence-corrected chi connectivity index (χ1v) is 7.89. The molecule has 1 atom stereocenters. The van der Waals surface area contributed by atoms with Crippen molar-refractivity contribution in [3.63, 3.8) is 0 Å². The van der Waals surface area contributed by atoms with Crippen LogP contribution in [0.15, 0.2) is 24.3 Å². The lowest BCUT2D eigenvalue weighted by atomic mass is 10.0. The molecule has 2 rings (SSSR count). The van der Waals surface area contributed by atoms with Crippen LogP contribution < -0.4 is 11.1 Å². The molecule has 1 saturated heterocycles. The van der Waals surface area contributed by atoms with Crippen molar-refractivity contribution in [3.05, 3.63) is 29.8 Å². The molecular weight excluding hydrogens is 278 g/mol. The van der Waals surface area contributed by atoms with E-state index in [2.05, 4.69) is 5.32 Å². The van der Waals surface area contributed by atoms with Gasteiger partial charge < -0.3 is 16.0 Å². The average Bonchev–Trinajstić information content (AvgIpc) is 2.85. The lowest BCUT2D eigenvalue weighted by molar-refractivity contribution is -0.128. The minimum atomic E-state index is -0.484. The SMILES string of the molecule is CC(C)C[C@H](N)C(=O)Nc1ccc(CN2CCCC2=O)cc1. The van der Waals surface area contributed by atoms with Crippen molar-refractivity contribution in [1.82, 2.24) is 4.90 Å². The van der Waals surface area contributed by atoms with Crippen molar-refractivity contribution in [3.8, 4) is 0 Å². The van der Waals surface area contributed by atoms with Gasteiger partial charge in [-0.25, -0.2) is 0 Å². The molecule has 0 aromatic heterocycles. The van der Waals surface area contributed by atoms with Crippen LogP contribution in [0.5, 0.6) is 0 Å². The highest BCUT2D eigenvalue weighted by Crippen LogP contribution is 2.16. The number of likely N-dealkylation sites (tertiary alicyclic amines) is 1. The first-order chi connectivity index (χ1) is 10.5. The fraction of sp³-hybridized carbons (Fsp3) is 0.529. The summed E-state index contributed by atoms with van der Waals surface area (Å²) < 4.78 is 0. The van der Waals surface area contributed by atoms with Crippen LogP contribution in [0.1, 0.15) is 38.7 Å². The molecule has 0 unspecified atom stereocenters. The van der Waals surface area contributed by atoms with Gasteiger partial charge in [0.25, 0.3) is 0 Å². The number of anilines is 1. The molecule has 0 spiro atoms. The largest absolute Gasteiger partial charge is 0.338 e. The maximum atomic E-state index is 12.0. The van der Waals surface area contributed by atoms with Gasteiger partial charge in [-0.1, -0.05) is 26.0 Å². The quantitative estimate of drug-likeness (QED) is 0.845. The summed E-state index contributed by atoms with van der Waals surface area (Å²) in [7, 11) is 0. The molecule has 1 fully saturated rings. The normalized spacial score (nSPS) is 16.2. The van der Waals surface area contributed by atoms with Gasteiger partial charge >= 0.3 is 0 Å². The lowest BCUT2D eigenvalue weighted by Gasteiger charge is -2.16. The maximum Gasteiger partial charge on any atom is 0.241 e. The fourth-order valence-corrected chi connectivity index (χ4v) is 2.63. The Morgan fingerprint density at radius 1 is 1.32 bits per heavy atom. The van der Waals surface area contributed by atoms with Gasteiger partial charge in [0.1, 0.15) is 0 Å². The van der Waals surface area contributed by atoms with Crippen molar-refractivity contribution in [2.45, 2.75) is 45.7 Å². The molecule has 1 aliphatic rings. The zero-order valence-electron chi connectivity index (χ0n) is 13.3. The van der Waals surface area contributed by atoms with Gasteiger partial charge in [-0.05, 0) is 36.5 Å². The molecule has 1 heterocycles. The zero-order chi connectivity index (χ0) is 16.1. The van der Waals surface area contributed by atoms with Crippen LogP contribution in [-0.2, 0) is 16.1 Å². The fourth-order valence-electron chi connectivity index (χ4n) is 2.63. The summed E-state index contributed by atoms with van der Waals surface area (Å²) in [5.74, 6) is 0.453. The Balaban J connectivity index is 1.88. The molecule has 120 valence electrons. The van der Waals surface area contributed by atoms with Gasteiger partial charge in [-0.3, -0.25) is 9.59 Å². The van der Waals surface area contributed by atoms with Gasteiger partial charge in [-0.2, -0.15) is 0 Å². The number of nitrogens with zero attached hydrogens (tertiary/aromatic N) is 1. The van der Waals surface area contributed by atoms with Gasteiger partial charge in [0.15, 0.2) is 0 Å². The zero-order valence-corrected chi connectivity index (χ0v) is 13.3. The van der Waals surface area contributed by atoms with Crippen molar-refractivity contribution in [2.75, 3.05) is 11.9 Å². The summed E-state index contributed by atoms with van der Waals surface area (Å²) in [5, 5.41) is 2.83. The first kappa shape index (κ1) is 16.5. The number of amides is 2. The van der Waals surface area contributed by atoms with Gasteiger partial charge in [0.05, 0.1) is 6.04 Å². The summed E-state index contributed by atoms with van der Waals surface area (Å²) in [6.07, 6.45) is 2.27. The van der Waals surface area contributed by atoms with Crippen LogP contribution in [0, 0.1) is 5.92 Å². The minimum Gasteiger partial charge on any atom is -0.338 e. The molecule has 1 aromatic carbocycles. The van der Waals surface area contributed by atoms with Crippen LogP contribution in [0.25, 0.3) is 0 Å².